The van der Waals surface area contributed by atoms with Gasteiger partial charge in [0.1, 0.15) is 10.8 Å². The summed E-state index contributed by atoms with van der Waals surface area (Å²) in [4.78, 5) is 4.53. The van der Waals surface area contributed by atoms with Crippen LogP contribution in [0.5, 0.6) is 0 Å². The van der Waals surface area contributed by atoms with Crippen LogP contribution in [-0.4, -0.2) is 14.5 Å². The molecule has 3 aromatic rings. The second-order valence-corrected chi connectivity index (χ2v) is 4.97. The average Bonchev–Trinajstić information content (AvgIpc) is 2.84. The van der Waals surface area contributed by atoms with E-state index in [0.717, 1.165) is 16.6 Å². The summed E-state index contributed by atoms with van der Waals surface area (Å²) in [7, 11) is 0. The Kier molecular flexibility index (Phi) is 3.20. The van der Waals surface area contributed by atoms with Gasteiger partial charge >= 0.3 is 0 Å². The van der Waals surface area contributed by atoms with Crippen molar-refractivity contribution < 1.29 is 4.39 Å². The molecule has 5 heteroatoms. The molecule has 0 unspecified atom stereocenters. The number of hydrogen-bond acceptors (Lipinski definition) is 2. The smallest absolute Gasteiger partial charge is 0.123 e. The summed E-state index contributed by atoms with van der Waals surface area (Å²) in [5.41, 5.74) is 9.05. The van der Waals surface area contributed by atoms with Crippen molar-refractivity contribution in [2.75, 3.05) is 0 Å². The van der Waals surface area contributed by atoms with Crippen LogP contribution in [0.1, 0.15) is 11.1 Å². The van der Waals surface area contributed by atoms with E-state index in [4.69, 9.17) is 18.0 Å². The van der Waals surface area contributed by atoms with Crippen molar-refractivity contribution in [3.8, 4) is 0 Å². The first-order valence-corrected chi connectivity index (χ1v) is 6.54. The standard InChI is InChI=1S/C15H12FN3S/c16-11-6-5-10(12(7-11)15(17)20)8-19-9-18-13-3-1-2-4-14(13)19/h1-7,9H,8H2,(H2,17,20). The summed E-state index contributed by atoms with van der Waals surface area (Å²) in [5, 5.41) is 0. The molecule has 3 nitrogen and oxygen atoms in total. The predicted octanol–water partition coefficient (Wildman–Crippen LogP) is 2.86. The van der Waals surface area contributed by atoms with Gasteiger partial charge in [0, 0.05) is 12.1 Å². The predicted molar refractivity (Wildman–Crippen MR) is 81.1 cm³/mol. The van der Waals surface area contributed by atoms with E-state index in [1.54, 1.807) is 12.4 Å². The highest BCUT2D eigenvalue weighted by Gasteiger charge is 2.09. The fraction of sp³-hybridized carbons (Fsp3) is 0.0667. The third-order valence-corrected chi connectivity index (χ3v) is 3.43. The second-order valence-electron chi connectivity index (χ2n) is 4.53. The van der Waals surface area contributed by atoms with Gasteiger partial charge in [-0.2, -0.15) is 0 Å². The van der Waals surface area contributed by atoms with E-state index in [-0.39, 0.29) is 10.8 Å². The molecule has 0 aliphatic rings. The maximum absolute atomic E-state index is 13.3. The number of halogens is 1. The van der Waals surface area contributed by atoms with Gasteiger partial charge in [-0.05, 0) is 29.8 Å². The van der Waals surface area contributed by atoms with Crippen molar-refractivity contribution in [1.82, 2.24) is 9.55 Å². The number of rotatable bonds is 3. The van der Waals surface area contributed by atoms with Crippen LogP contribution in [0.3, 0.4) is 0 Å². The lowest BCUT2D eigenvalue weighted by Gasteiger charge is -2.10. The third-order valence-electron chi connectivity index (χ3n) is 3.21. The lowest BCUT2D eigenvalue weighted by Crippen LogP contribution is -2.14. The SMILES string of the molecule is NC(=S)c1cc(F)ccc1Cn1cnc2ccccc21. The van der Waals surface area contributed by atoms with Crippen LogP contribution in [0.4, 0.5) is 4.39 Å². The highest BCUT2D eigenvalue weighted by molar-refractivity contribution is 7.80. The molecule has 0 saturated heterocycles. The molecule has 0 saturated carbocycles. The number of imidazole rings is 1. The van der Waals surface area contributed by atoms with Crippen LogP contribution in [0.25, 0.3) is 11.0 Å². The summed E-state index contributed by atoms with van der Waals surface area (Å²) in [6.45, 7) is 0.549. The van der Waals surface area contributed by atoms with Gasteiger partial charge in [0.15, 0.2) is 0 Å². The highest BCUT2D eigenvalue weighted by atomic mass is 32.1. The van der Waals surface area contributed by atoms with E-state index >= 15 is 0 Å². The molecule has 1 aromatic heterocycles. The Morgan fingerprint density at radius 1 is 1.25 bits per heavy atom. The van der Waals surface area contributed by atoms with E-state index in [0.29, 0.717) is 12.1 Å². The Labute approximate surface area is 120 Å². The first kappa shape index (κ1) is 12.7. The molecule has 0 radical (unpaired) electrons. The molecular formula is C15H12FN3S. The van der Waals surface area contributed by atoms with Gasteiger partial charge in [0.25, 0.3) is 0 Å². The minimum Gasteiger partial charge on any atom is -0.389 e. The zero-order valence-electron chi connectivity index (χ0n) is 10.6. The number of fused-ring (bicyclic) bond motifs is 1. The van der Waals surface area contributed by atoms with Gasteiger partial charge in [0.05, 0.1) is 17.4 Å². The zero-order chi connectivity index (χ0) is 14.1. The molecule has 100 valence electrons. The summed E-state index contributed by atoms with van der Waals surface area (Å²) >= 11 is 4.99. The Morgan fingerprint density at radius 2 is 2.05 bits per heavy atom. The largest absolute Gasteiger partial charge is 0.389 e. The molecule has 3 rings (SSSR count). The summed E-state index contributed by atoms with van der Waals surface area (Å²) in [6, 6.07) is 12.3. The first-order chi connectivity index (χ1) is 9.65. The molecule has 0 spiro atoms. The van der Waals surface area contributed by atoms with Gasteiger partial charge in [-0.3, -0.25) is 0 Å². The van der Waals surface area contributed by atoms with E-state index in [2.05, 4.69) is 4.98 Å². The monoisotopic (exact) mass is 285 g/mol. The maximum Gasteiger partial charge on any atom is 0.123 e. The Bertz CT molecular complexity index is 795. The minimum atomic E-state index is -0.341. The lowest BCUT2D eigenvalue weighted by molar-refractivity contribution is 0.626. The molecule has 0 bridgehead atoms. The van der Waals surface area contributed by atoms with E-state index in [9.17, 15) is 4.39 Å². The molecule has 2 N–H and O–H groups in total. The number of nitrogens with zero attached hydrogens (tertiary/aromatic N) is 2. The van der Waals surface area contributed by atoms with Crippen LogP contribution >= 0.6 is 12.2 Å². The number of para-hydroxylation sites is 2. The van der Waals surface area contributed by atoms with Crippen molar-refractivity contribution in [3.63, 3.8) is 0 Å². The fourth-order valence-electron chi connectivity index (χ4n) is 2.24. The van der Waals surface area contributed by atoms with Crippen LogP contribution in [0.15, 0.2) is 48.8 Å². The number of aromatic nitrogens is 2. The molecule has 2 aromatic carbocycles. The van der Waals surface area contributed by atoms with E-state index in [1.807, 2.05) is 28.8 Å². The number of thiocarbonyl (C=S) groups is 1. The van der Waals surface area contributed by atoms with Crippen LogP contribution in [0.2, 0.25) is 0 Å². The highest BCUT2D eigenvalue weighted by Crippen LogP contribution is 2.17. The van der Waals surface area contributed by atoms with Crippen LogP contribution in [-0.2, 0) is 6.54 Å². The van der Waals surface area contributed by atoms with Gasteiger partial charge in [-0.15, -0.1) is 0 Å². The fourth-order valence-corrected chi connectivity index (χ4v) is 2.43. The van der Waals surface area contributed by atoms with Gasteiger partial charge < -0.3 is 10.3 Å². The lowest BCUT2D eigenvalue weighted by atomic mass is 10.1. The van der Waals surface area contributed by atoms with Crippen molar-refractivity contribution in [2.24, 2.45) is 5.73 Å². The van der Waals surface area contributed by atoms with Gasteiger partial charge in [0.2, 0.25) is 0 Å². The van der Waals surface area contributed by atoms with Crippen molar-refractivity contribution >= 4 is 28.2 Å². The minimum absolute atomic E-state index is 0.198. The molecule has 0 aliphatic heterocycles. The number of benzene rings is 2. The van der Waals surface area contributed by atoms with Crippen LogP contribution in [0, 0.1) is 5.82 Å². The molecule has 0 atom stereocenters. The molecule has 1 heterocycles. The van der Waals surface area contributed by atoms with Crippen molar-refractivity contribution in [1.29, 1.82) is 0 Å². The third kappa shape index (κ3) is 2.28. The summed E-state index contributed by atoms with van der Waals surface area (Å²) in [6.07, 6.45) is 1.76. The Hall–Kier alpha value is -2.27. The number of nitrogens with two attached hydrogens (primary N) is 1. The summed E-state index contributed by atoms with van der Waals surface area (Å²) < 4.78 is 15.3. The molecule has 0 aliphatic carbocycles. The Morgan fingerprint density at radius 3 is 2.85 bits per heavy atom. The van der Waals surface area contributed by atoms with Crippen molar-refractivity contribution in [3.05, 3.63) is 65.7 Å². The number of hydrogen-bond donors (Lipinski definition) is 1. The molecule has 20 heavy (non-hydrogen) atoms. The first-order valence-electron chi connectivity index (χ1n) is 6.13. The van der Waals surface area contributed by atoms with Crippen molar-refractivity contribution in [2.45, 2.75) is 6.54 Å². The maximum atomic E-state index is 13.3. The normalized spacial score (nSPS) is 10.8. The second kappa shape index (κ2) is 5.02. The molecule has 0 amide bonds. The van der Waals surface area contributed by atoms with E-state index in [1.165, 1.54) is 12.1 Å². The Balaban J connectivity index is 2.05. The molecular weight excluding hydrogens is 273 g/mol. The van der Waals surface area contributed by atoms with Gasteiger partial charge in [-0.25, -0.2) is 9.37 Å². The average molecular weight is 285 g/mol. The summed E-state index contributed by atoms with van der Waals surface area (Å²) in [5.74, 6) is -0.341. The zero-order valence-corrected chi connectivity index (χ0v) is 11.4. The van der Waals surface area contributed by atoms with Gasteiger partial charge in [-0.1, -0.05) is 30.4 Å². The topological polar surface area (TPSA) is 43.8 Å². The molecule has 0 fully saturated rings. The quantitative estimate of drug-likeness (QED) is 0.753. The van der Waals surface area contributed by atoms with Crippen LogP contribution < -0.4 is 5.73 Å². The van der Waals surface area contributed by atoms with E-state index < -0.39 is 0 Å².